The Morgan fingerprint density at radius 1 is 1.12 bits per heavy atom. The monoisotopic (exact) mass is 376 g/mol. The standard InChI is InChI=1S/C19H24N2O4S/c1-15(17-7-5-4-6-8-17)20-19(22)14-25-18-11-9-16(10-12-18)13-21(2)26(3,23)24/h4-12,15H,13-14H2,1-3H3,(H,20,22)/t15-/m0/s1. The number of rotatable bonds is 8. The summed E-state index contributed by atoms with van der Waals surface area (Å²) in [5.74, 6) is 0.348. The normalized spacial score (nSPS) is 12.6. The van der Waals surface area contributed by atoms with Crippen molar-refractivity contribution in [3.8, 4) is 5.75 Å². The molecule has 0 radical (unpaired) electrons. The molecule has 140 valence electrons. The van der Waals surface area contributed by atoms with Gasteiger partial charge in [-0.25, -0.2) is 12.7 Å². The molecule has 0 aliphatic heterocycles. The third-order valence-electron chi connectivity index (χ3n) is 3.94. The van der Waals surface area contributed by atoms with Crippen LogP contribution in [0.1, 0.15) is 24.1 Å². The minimum absolute atomic E-state index is 0.0836. The van der Waals surface area contributed by atoms with Gasteiger partial charge in [0.1, 0.15) is 5.75 Å². The molecule has 0 fully saturated rings. The summed E-state index contributed by atoms with van der Waals surface area (Å²) in [6.07, 6.45) is 1.17. The zero-order valence-electron chi connectivity index (χ0n) is 15.2. The van der Waals surface area contributed by atoms with Gasteiger partial charge in [-0.3, -0.25) is 4.79 Å². The van der Waals surface area contributed by atoms with Gasteiger partial charge in [0.2, 0.25) is 10.0 Å². The summed E-state index contributed by atoms with van der Waals surface area (Å²) in [4.78, 5) is 12.0. The van der Waals surface area contributed by atoms with E-state index in [1.165, 1.54) is 17.6 Å². The van der Waals surface area contributed by atoms with Gasteiger partial charge in [-0.1, -0.05) is 42.5 Å². The van der Waals surface area contributed by atoms with Crippen LogP contribution in [0, 0.1) is 0 Å². The van der Waals surface area contributed by atoms with Crippen molar-refractivity contribution in [3.63, 3.8) is 0 Å². The Hall–Kier alpha value is -2.38. The predicted octanol–water partition coefficient (Wildman–Crippen LogP) is 2.33. The molecule has 1 atom stereocenters. The summed E-state index contributed by atoms with van der Waals surface area (Å²) in [7, 11) is -1.69. The topological polar surface area (TPSA) is 75.7 Å². The first-order valence-corrected chi connectivity index (χ1v) is 10.1. The van der Waals surface area contributed by atoms with Gasteiger partial charge in [0.05, 0.1) is 12.3 Å². The minimum Gasteiger partial charge on any atom is -0.484 e. The Labute approximate surface area is 154 Å². The molecule has 7 heteroatoms. The number of carbonyl (C=O) groups is 1. The van der Waals surface area contributed by atoms with Crippen molar-refractivity contribution >= 4 is 15.9 Å². The van der Waals surface area contributed by atoms with Gasteiger partial charge >= 0.3 is 0 Å². The van der Waals surface area contributed by atoms with E-state index in [1.54, 1.807) is 24.3 Å². The molecule has 26 heavy (non-hydrogen) atoms. The van der Waals surface area contributed by atoms with E-state index >= 15 is 0 Å². The second kappa shape index (κ2) is 8.82. The second-order valence-corrected chi connectivity index (χ2v) is 8.24. The van der Waals surface area contributed by atoms with E-state index in [0.29, 0.717) is 5.75 Å². The largest absolute Gasteiger partial charge is 0.484 e. The van der Waals surface area contributed by atoms with Crippen molar-refractivity contribution in [2.24, 2.45) is 0 Å². The van der Waals surface area contributed by atoms with Crippen LogP contribution in [0.3, 0.4) is 0 Å². The SMILES string of the molecule is C[C@H](NC(=O)COc1ccc(CN(C)S(C)(=O)=O)cc1)c1ccccc1. The molecule has 1 N–H and O–H groups in total. The van der Waals surface area contributed by atoms with Crippen LogP contribution in [-0.2, 0) is 21.4 Å². The van der Waals surface area contributed by atoms with Gasteiger partial charge in [0.25, 0.3) is 5.91 Å². The first kappa shape index (κ1) is 19.9. The van der Waals surface area contributed by atoms with Gasteiger partial charge in [-0.05, 0) is 30.2 Å². The number of benzene rings is 2. The molecule has 2 aromatic rings. The lowest BCUT2D eigenvalue weighted by molar-refractivity contribution is -0.123. The maximum Gasteiger partial charge on any atom is 0.258 e. The maximum atomic E-state index is 12.0. The highest BCUT2D eigenvalue weighted by Gasteiger charge is 2.12. The highest BCUT2D eigenvalue weighted by Crippen LogP contribution is 2.15. The van der Waals surface area contributed by atoms with Crippen molar-refractivity contribution in [2.45, 2.75) is 19.5 Å². The smallest absolute Gasteiger partial charge is 0.258 e. The quantitative estimate of drug-likeness (QED) is 0.767. The van der Waals surface area contributed by atoms with Gasteiger partial charge in [0.15, 0.2) is 6.61 Å². The average molecular weight is 376 g/mol. The fourth-order valence-electron chi connectivity index (χ4n) is 2.32. The molecule has 0 heterocycles. The Morgan fingerprint density at radius 2 is 1.73 bits per heavy atom. The van der Waals surface area contributed by atoms with Crippen LogP contribution in [0.5, 0.6) is 5.75 Å². The minimum atomic E-state index is -3.22. The van der Waals surface area contributed by atoms with Crippen molar-refractivity contribution in [3.05, 3.63) is 65.7 Å². The van der Waals surface area contributed by atoms with Crippen LogP contribution in [-0.4, -0.2) is 38.5 Å². The summed E-state index contributed by atoms with van der Waals surface area (Å²) in [6, 6.07) is 16.6. The predicted molar refractivity (Wildman–Crippen MR) is 101 cm³/mol. The fraction of sp³-hybridized carbons (Fsp3) is 0.316. The average Bonchev–Trinajstić information content (AvgIpc) is 2.61. The summed E-state index contributed by atoms with van der Waals surface area (Å²) in [5.41, 5.74) is 1.87. The van der Waals surface area contributed by atoms with Crippen LogP contribution >= 0.6 is 0 Å². The summed E-state index contributed by atoms with van der Waals surface area (Å²) in [5, 5.41) is 2.88. The highest BCUT2D eigenvalue weighted by molar-refractivity contribution is 7.88. The van der Waals surface area contributed by atoms with E-state index in [9.17, 15) is 13.2 Å². The van der Waals surface area contributed by atoms with Crippen molar-refractivity contribution in [1.82, 2.24) is 9.62 Å². The van der Waals surface area contributed by atoms with E-state index in [1.807, 2.05) is 37.3 Å². The lowest BCUT2D eigenvalue weighted by Crippen LogP contribution is -2.31. The fourth-order valence-corrected chi connectivity index (χ4v) is 2.71. The summed E-state index contributed by atoms with van der Waals surface area (Å²) < 4.78 is 29.6. The van der Waals surface area contributed by atoms with Crippen LogP contribution in [0.15, 0.2) is 54.6 Å². The first-order chi connectivity index (χ1) is 12.3. The zero-order valence-corrected chi connectivity index (χ0v) is 16.0. The maximum absolute atomic E-state index is 12.0. The zero-order chi connectivity index (χ0) is 19.2. The van der Waals surface area contributed by atoms with Crippen molar-refractivity contribution in [1.29, 1.82) is 0 Å². The van der Waals surface area contributed by atoms with Crippen LogP contribution in [0.4, 0.5) is 0 Å². The molecule has 0 spiro atoms. The van der Waals surface area contributed by atoms with E-state index in [4.69, 9.17) is 4.74 Å². The first-order valence-electron chi connectivity index (χ1n) is 8.23. The molecule has 0 aliphatic carbocycles. The third kappa shape index (κ3) is 6.16. The molecule has 2 aromatic carbocycles. The Kier molecular flexibility index (Phi) is 6.76. The van der Waals surface area contributed by atoms with Crippen molar-refractivity contribution < 1.29 is 17.9 Å². The van der Waals surface area contributed by atoms with Gasteiger partial charge in [-0.2, -0.15) is 0 Å². The molecule has 6 nitrogen and oxygen atoms in total. The number of amides is 1. The molecular weight excluding hydrogens is 352 g/mol. The van der Waals surface area contributed by atoms with Gasteiger partial charge in [0, 0.05) is 13.6 Å². The third-order valence-corrected chi connectivity index (χ3v) is 5.20. The molecular formula is C19H24N2O4S. The molecule has 0 saturated carbocycles. The van der Waals surface area contributed by atoms with Crippen molar-refractivity contribution in [2.75, 3.05) is 19.9 Å². The van der Waals surface area contributed by atoms with E-state index in [2.05, 4.69) is 5.32 Å². The van der Waals surface area contributed by atoms with E-state index in [0.717, 1.165) is 11.1 Å². The lowest BCUT2D eigenvalue weighted by Gasteiger charge is -2.15. The Balaban J connectivity index is 1.83. The molecule has 0 aliphatic rings. The molecule has 2 rings (SSSR count). The Morgan fingerprint density at radius 3 is 2.31 bits per heavy atom. The highest BCUT2D eigenvalue weighted by atomic mass is 32.2. The summed E-state index contributed by atoms with van der Waals surface area (Å²) in [6.45, 7) is 2.12. The lowest BCUT2D eigenvalue weighted by atomic mass is 10.1. The van der Waals surface area contributed by atoms with Crippen LogP contribution in [0.25, 0.3) is 0 Å². The molecule has 1 amide bonds. The number of ether oxygens (including phenoxy) is 1. The summed E-state index contributed by atoms with van der Waals surface area (Å²) >= 11 is 0. The van der Waals surface area contributed by atoms with Crippen LogP contribution in [0.2, 0.25) is 0 Å². The number of sulfonamides is 1. The molecule has 0 bridgehead atoms. The molecule has 0 aromatic heterocycles. The number of hydrogen-bond donors (Lipinski definition) is 1. The van der Waals surface area contributed by atoms with E-state index in [-0.39, 0.29) is 25.1 Å². The van der Waals surface area contributed by atoms with Gasteiger partial charge in [-0.15, -0.1) is 0 Å². The number of nitrogens with one attached hydrogen (secondary N) is 1. The number of carbonyl (C=O) groups excluding carboxylic acids is 1. The second-order valence-electron chi connectivity index (χ2n) is 6.15. The van der Waals surface area contributed by atoms with Crippen LogP contribution < -0.4 is 10.1 Å². The number of nitrogens with zero attached hydrogens (tertiary/aromatic N) is 1. The Bertz CT molecular complexity index is 820. The molecule has 0 unspecified atom stereocenters. The van der Waals surface area contributed by atoms with Gasteiger partial charge < -0.3 is 10.1 Å². The van der Waals surface area contributed by atoms with E-state index < -0.39 is 10.0 Å². The molecule has 0 saturated heterocycles. The number of hydrogen-bond acceptors (Lipinski definition) is 4.